The minimum atomic E-state index is -1.77. The van der Waals surface area contributed by atoms with Crippen molar-refractivity contribution in [2.24, 2.45) is 5.41 Å². The zero-order valence-electron chi connectivity index (χ0n) is 18.4. The molecule has 10 nitrogen and oxygen atoms in total. The van der Waals surface area contributed by atoms with Gasteiger partial charge in [-0.15, -0.1) is 0 Å². The minimum absolute atomic E-state index is 0.133. The van der Waals surface area contributed by atoms with Crippen LogP contribution < -0.4 is 15.1 Å². The van der Waals surface area contributed by atoms with E-state index < -0.39 is 40.3 Å². The van der Waals surface area contributed by atoms with Crippen LogP contribution >= 0.6 is 11.6 Å². The number of para-hydroxylation sites is 1. The molecule has 176 valence electrons. The molecule has 0 radical (unpaired) electrons. The van der Waals surface area contributed by atoms with Crippen LogP contribution in [-0.4, -0.2) is 47.6 Å². The van der Waals surface area contributed by atoms with Gasteiger partial charge in [-0.25, -0.2) is 9.69 Å². The Morgan fingerprint density at radius 1 is 1.15 bits per heavy atom. The molecule has 0 aliphatic carbocycles. The fourth-order valence-corrected chi connectivity index (χ4v) is 5.70. The number of carbonyl (C=O) groups is 3. The van der Waals surface area contributed by atoms with E-state index in [2.05, 4.69) is 5.32 Å². The lowest BCUT2D eigenvalue weighted by molar-refractivity contribution is -0.384. The highest BCUT2D eigenvalue weighted by molar-refractivity contribution is 6.37. The molecule has 0 aromatic heterocycles. The van der Waals surface area contributed by atoms with Crippen LogP contribution in [-0.2, 0) is 20.7 Å². The van der Waals surface area contributed by atoms with Crippen LogP contribution in [0.1, 0.15) is 19.4 Å². The third-order valence-corrected chi connectivity index (χ3v) is 7.07. The Labute approximate surface area is 199 Å². The number of carbonyl (C=O) groups excluding carboxylic acids is 3. The number of imide groups is 2. The number of nitro groups is 1. The number of hydrogen-bond donors (Lipinski definition) is 1. The molecule has 2 saturated heterocycles. The van der Waals surface area contributed by atoms with Crippen molar-refractivity contribution in [3.8, 4) is 0 Å². The molecule has 0 saturated carbocycles. The maximum Gasteiger partial charge on any atom is 0.335 e. The van der Waals surface area contributed by atoms with Crippen LogP contribution in [0.3, 0.4) is 0 Å². The summed E-state index contributed by atoms with van der Waals surface area (Å²) >= 11 is 6.30. The zero-order chi connectivity index (χ0) is 24.4. The summed E-state index contributed by atoms with van der Waals surface area (Å²) in [7, 11) is 0. The summed E-state index contributed by atoms with van der Waals surface area (Å²) in [5.41, 5.74) is -0.597. The van der Waals surface area contributed by atoms with Crippen LogP contribution in [0.4, 0.5) is 21.9 Å². The molecule has 2 aromatic carbocycles. The summed E-state index contributed by atoms with van der Waals surface area (Å²) in [5.74, 6) is -1.51. The second kappa shape index (κ2) is 7.78. The van der Waals surface area contributed by atoms with Crippen LogP contribution in [0.2, 0.25) is 5.02 Å². The second-order valence-corrected chi connectivity index (χ2v) is 9.23. The zero-order valence-corrected chi connectivity index (χ0v) is 19.1. The van der Waals surface area contributed by atoms with E-state index >= 15 is 0 Å². The van der Waals surface area contributed by atoms with E-state index in [1.54, 1.807) is 31.2 Å². The third-order valence-electron chi connectivity index (χ3n) is 6.75. The predicted octanol–water partition coefficient (Wildman–Crippen LogP) is 3.06. The van der Waals surface area contributed by atoms with E-state index in [1.165, 1.54) is 18.2 Å². The highest BCUT2D eigenvalue weighted by atomic mass is 35.5. The first kappa shape index (κ1) is 22.3. The van der Waals surface area contributed by atoms with E-state index in [4.69, 9.17) is 16.3 Å². The standard InChI is InChI=1S/C23H21ClN4O6/c1-12-11-26-17-8-7-15(28(32)33)9-14(17)10-23(19(26)13(2)34-12)20(29)25-22(31)27(21(23)30)18-6-4-3-5-16(18)24/h3-9,12-13,19H,10-11H2,1-2H3,(H,25,29,31)/t12-,13+,19+,23-/m1/s1. The number of non-ortho nitro benzene ring substituents is 1. The van der Waals surface area contributed by atoms with E-state index in [0.29, 0.717) is 17.8 Å². The number of fused-ring (bicyclic) bond motifs is 4. The monoisotopic (exact) mass is 484 g/mol. The summed E-state index contributed by atoms with van der Waals surface area (Å²) in [6, 6.07) is 9.13. The first-order valence-corrected chi connectivity index (χ1v) is 11.2. The SMILES string of the molecule is C[C@@H]1CN2c3ccc([N+](=O)[O-])cc3C[C@]3(C(=O)NC(=O)N(c4ccccc4Cl)C3=O)[C@@H]2[C@H](C)O1. The number of barbiturate groups is 1. The summed E-state index contributed by atoms with van der Waals surface area (Å²) < 4.78 is 6.04. The first-order valence-electron chi connectivity index (χ1n) is 10.8. The molecular weight excluding hydrogens is 464 g/mol. The molecule has 34 heavy (non-hydrogen) atoms. The molecule has 5 rings (SSSR count). The highest BCUT2D eigenvalue weighted by Crippen LogP contribution is 2.49. The molecule has 3 aliphatic rings. The Morgan fingerprint density at radius 2 is 1.88 bits per heavy atom. The number of amides is 4. The Hall–Kier alpha value is -3.50. The van der Waals surface area contributed by atoms with Gasteiger partial charge in [-0.2, -0.15) is 0 Å². The van der Waals surface area contributed by atoms with Crippen molar-refractivity contribution in [2.75, 3.05) is 16.3 Å². The number of nitrogens with one attached hydrogen (secondary N) is 1. The maximum absolute atomic E-state index is 14.2. The van der Waals surface area contributed by atoms with Gasteiger partial charge in [0.1, 0.15) is 0 Å². The van der Waals surface area contributed by atoms with Gasteiger partial charge in [0.25, 0.3) is 11.6 Å². The van der Waals surface area contributed by atoms with Gasteiger partial charge in [-0.1, -0.05) is 23.7 Å². The molecular formula is C23H21ClN4O6. The van der Waals surface area contributed by atoms with Crippen LogP contribution in [0, 0.1) is 15.5 Å². The van der Waals surface area contributed by atoms with Crippen molar-refractivity contribution < 1.29 is 24.0 Å². The molecule has 4 atom stereocenters. The van der Waals surface area contributed by atoms with Crippen molar-refractivity contribution in [3.05, 3.63) is 63.2 Å². The average molecular weight is 485 g/mol. The smallest absolute Gasteiger partial charge is 0.335 e. The topological polar surface area (TPSA) is 122 Å². The van der Waals surface area contributed by atoms with Crippen LogP contribution in [0.15, 0.2) is 42.5 Å². The summed E-state index contributed by atoms with van der Waals surface area (Å²) in [6.07, 6.45) is -0.901. The molecule has 1 N–H and O–H groups in total. The van der Waals surface area contributed by atoms with Crippen LogP contribution in [0.5, 0.6) is 0 Å². The van der Waals surface area contributed by atoms with Gasteiger partial charge in [-0.3, -0.25) is 25.0 Å². The number of nitro benzene ring substituents is 1. The highest BCUT2D eigenvalue weighted by Gasteiger charge is 2.65. The van der Waals surface area contributed by atoms with Crippen molar-refractivity contribution in [1.82, 2.24) is 5.32 Å². The molecule has 2 fully saturated rings. The number of nitrogens with zero attached hydrogens (tertiary/aromatic N) is 3. The van der Waals surface area contributed by atoms with E-state index in [0.717, 1.165) is 4.90 Å². The van der Waals surface area contributed by atoms with Gasteiger partial charge in [0.05, 0.1) is 33.9 Å². The molecule has 4 amide bonds. The lowest BCUT2D eigenvalue weighted by atomic mass is 9.66. The Bertz CT molecular complexity index is 1250. The predicted molar refractivity (Wildman–Crippen MR) is 123 cm³/mol. The largest absolute Gasteiger partial charge is 0.372 e. The quantitative estimate of drug-likeness (QED) is 0.395. The molecule has 11 heteroatoms. The number of urea groups is 1. The van der Waals surface area contributed by atoms with Gasteiger partial charge in [0.2, 0.25) is 5.91 Å². The van der Waals surface area contributed by atoms with E-state index in [9.17, 15) is 24.5 Å². The number of ether oxygens (including phenoxy) is 1. The van der Waals surface area contributed by atoms with Gasteiger partial charge in [0, 0.05) is 30.8 Å². The van der Waals surface area contributed by atoms with Crippen molar-refractivity contribution in [2.45, 2.75) is 38.5 Å². The fourth-order valence-electron chi connectivity index (χ4n) is 5.48. The third kappa shape index (κ3) is 3.09. The molecule has 2 aromatic rings. The molecule has 0 unspecified atom stereocenters. The number of benzene rings is 2. The Balaban J connectivity index is 1.72. The molecule has 0 bridgehead atoms. The number of morpholine rings is 1. The number of anilines is 2. The minimum Gasteiger partial charge on any atom is -0.372 e. The van der Waals surface area contributed by atoms with E-state index in [1.807, 2.05) is 11.8 Å². The van der Waals surface area contributed by atoms with Gasteiger partial charge < -0.3 is 9.64 Å². The van der Waals surface area contributed by atoms with Crippen molar-refractivity contribution in [1.29, 1.82) is 0 Å². The Morgan fingerprint density at radius 3 is 2.59 bits per heavy atom. The number of hydrogen-bond acceptors (Lipinski definition) is 7. The average Bonchev–Trinajstić information content (AvgIpc) is 2.78. The van der Waals surface area contributed by atoms with Crippen LogP contribution in [0.25, 0.3) is 0 Å². The van der Waals surface area contributed by atoms with Crippen molar-refractivity contribution >= 4 is 46.5 Å². The lowest BCUT2D eigenvalue weighted by Gasteiger charge is -2.56. The van der Waals surface area contributed by atoms with Gasteiger partial charge in [-0.05, 0) is 37.6 Å². The number of rotatable bonds is 2. The first-order chi connectivity index (χ1) is 16.1. The Kier molecular flexibility index (Phi) is 5.10. The van der Waals surface area contributed by atoms with Gasteiger partial charge in [0.15, 0.2) is 5.41 Å². The summed E-state index contributed by atoms with van der Waals surface area (Å²) in [5, 5.41) is 13.9. The van der Waals surface area contributed by atoms with Crippen molar-refractivity contribution in [3.63, 3.8) is 0 Å². The molecule has 1 spiro atoms. The molecule has 3 aliphatic heterocycles. The van der Waals surface area contributed by atoms with Gasteiger partial charge >= 0.3 is 6.03 Å². The lowest BCUT2D eigenvalue weighted by Crippen LogP contribution is -2.76. The summed E-state index contributed by atoms with van der Waals surface area (Å²) in [6.45, 7) is 4.02. The number of halogens is 1. The second-order valence-electron chi connectivity index (χ2n) is 8.82. The normalized spacial score (nSPS) is 28.4. The summed E-state index contributed by atoms with van der Waals surface area (Å²) in [4.78, 5) is 54.3. The maximum atomic E-state index is 14.2. The van der Waals surface area contributed by atoms with E-state index in [-0.39, 0.29) is 28.9 Å². The fraction of sp³-hybridized carbons (Fsp3) is 0.348. The molecule has 3 heterocycles.